The van der Waals surface area contributed by atoms with Crippen molar-refractivity contribution in [2.45, 2.75) is 16.6 Å². The van der Waals surface area contributed by atoms with Gasteiger partial charge in [-0.3, -0.25) is 4.79 Å². The molecule has 0 aromatic heterocycles. The van der Waals surface area contributed by atoms with E-state index < -0.39 is 20.9 Å². The van der Waals surface area contributed by atoms with Gasteiger partial charge in [0.1, 0.15) is 5.82 Å². The molecule has 4 nitrogen and oxygen atoms in total. The van der Waals surface area contributed by atoms with Gasteiger partial charge >= 0.3 is 0 Å². The van der Waals surface area contributed by atoms with Gasteiger partial charge in [0.05, 0.1) is 10.1 Å². The van der Waals surface area contributed by atoms with Crippen molar-refractivity contribution < 1.29 is 17.6 Å². The van der Waals surface area contributed by atoms with Gasteiger partial charge in [-0.05, 0) is 42.8 Å². The quantitative estimate of drug-likeness (QED) is 0.867. The molecule has 6 heteroatoms. The Hall–Kier alpha value is -2.21. The highest BCUT2D eigenvalue weighted by Gasteiger charge is 2.36. The Morgan fingerprint density at radius 1 is 1.04 bits per heavy atom. The minimum atomic E-state index is -3.45. The number of carbonyl (C=O) groups excluding carboxylic acids is 1. The van der Waals surface area contributed by atoms with Crippen LogP contribution < -0.4 is 0 Å². The summed E-state index contributed by atoms with van der Waals surface area (Å²) in [6.45, 7) is 0.542. The average molecular weight is 333 g/mol. The molecule has 0 N–H and O–H groups in total. The van der Waals surface area contributed by atoms with E-state index in [9.17, 15) is 17.6 Å². The Morgan fingerprint density at radius 2 is 1.70 bits per heavy atom. The summed E-state index contributed by atoms with van der Waals surface area (Å²) < 4.78 is 38.1. The monoisotopic (exact) mass is 333 g/mol. The van der Waals surface area contributed by atoms with Crippen LogP contribution in [0.15, 0.2) is 59.5 Å². The molecular formula is C17H16FNO3S. The summed E-state index contributed by atoms with van der Waals surface area (Å²) in [7, 11) is -3.45. The van der Waals surface area contributed by atoms with Crippen LogP contribution in [-0.4, -0.2) is 37.6 Å². The van der Waals surface area contributed by atoms with Crippen LogP contribution in [0.25, 0.3) is 0 Å². The van der Waals surface area contributed by atoms with E-state index in [1.165, 1.54) is 29.2 Å². The van der Waals surface area contributed by atoms with Crippen LogP contribution in [0.4, 0.5) is 4.39 Å². The van der Waals surface area contributed by atoms with Gasteiger partial charge in [0.25, 0.3) is 5.91 Å². The largest absolute Gasteiger partial charge is 0.337 e. The summed E-state index contributed by atoms with van der Waals surface area (Å²) in [6.07, 6.45) is 0.407. The molecule has 2 aromatic rings. The van der Waals surface area contributed by atoms with Crippen LogP contribution in [-0.2, 0) is 9.84 Å². The minimum Gasteiger partial charge on any atom is -0.337 e. The second-order valence-corrected chi connectivity index (χ2v) is 7.75. The normalized spacial score (nSPS) is 18.1. The fraction of sp³-hybridized carbons (Fsp3) is 0.235. The van der Waals surface area contributed by atoms with E-state index in [4.69, 9.17) is 0 Å². The second kappa shape index (κ2) is 6.12. The molecule has 0 bridgehead atoms. The van der Waals surface area contributed by atoms with Gasteiger partial charge < -0.3 is 4.90 Å². The summed E-state index contributed by atoms with van der Waals surface area (Å²) in [5.74, 6) is -0.678. The van der Waals surface area contributed by atoms with Crippen LogP contribution in [0.3, 0.4) is 0 Å². The third-order valence-electron chi connectivity index (χ3n) is 4.03. The first-order valence-electron chi connectivity index (χ1n) is 7.32. The first-order chi connectivity index (χ1) is 11.0. The number of halogens is 1. The zero-order valence-corrected chi connectivity index (χ0v) is 13.2. The maximum absolute atomic E-state index is 12.9. The van der Waals surface area contributed by atoms with Crippen LogP contribution in [0.1, 0.15) is 16.8 Å². The van der Waals surface area contributed by atoms with Gasteiger partial charge in [0, 0.05) is 18.7 Å². The molecule has 1 aliphatic rings. The number of sulfone groups is 1. The molecule has 1 amide bonds. The lowest BCUT2D eigenvalue weighted by Crippen LogP contribution is -2.31. The summed E-state index contributed by atoms with van der Waals surface area (Å²) >= 11 is 0. The van der Waals surface area contributed by atoms with E-state index in [0.29, 0.717) is 18.5 Å². The lowest BCUT2D eigenvalue weighted by Gasteiger charge is -2.17. The summed E-state index contributed by atoms with van der Waals surface area (Å²) in [4.78, 5) is 14.2. The highest BCUT2D eigenvalue weighted by atomic mass is 32.2. The van der Waals surface area contributed by atoms with Crippen LogP contribution in [0.2, 0.25) is 0 Å². The molecule has 23 heavy (non-hydrogen) atoms. The number of hydrogen-bond acceptors (Lipinski definition) is 3. The number of amides is 1. The van der Waals surface area contributed by atoms with Crippen LogP contribution in [0, 0.1) is 5.82 Å². The third kappa shape index (κ3) is 3.12. The maximum atomic E-state index is 12.9. The predicted molar refractivity (Wildman–Crippen MR) is 84.3 cm³/mol. The maximum Gasteiger partial charge on any atom is 0.253 e. The molecule has 0 radical (unpaired) electrons. The van der Waals surface area contributed by atoms with Crippen molar-refractivity contribution in [3.8, 4) is 0 Å². The summed E-state index contributed by atoms with van der Waals surface area (Å²) in [6, 6.07) is 13.5. The molecule has 0 aliphatic carbocycles. The Kier molecular flexibility index (Phi) is 4.17. The Bertz CT molecular complexity index is 803. The second-order valence-electron chi connectivity index (χ2n) is 5.53. The Labute approximate surface area is 134 Å². The number of likely N-dealkylation sites (tertiary alicyclic amines) is 1. The van der Waals surface area contributed by atoms with Gasteiger partial charge in [0.15, 0.2) is 9.84 Å². The number of rotatable bonds is 3. The zero-order chi connectivity index (χ0) is 16.4. The summed E-state index contributed by atoms with van der Waals surface area (Å²) in [5, 5.41) is -0.603. The molecule has 1 heterocycles. The molecule has 2 aromatic carbocycles. The van der Waals surface area contributed by atoms with Crippen LogP contribution in [0.5, 0.6) is 0 Å². The molecule has 3 rings (SSSR count). The lowest BCUT2D eigenvalue weighted by molar-refractivity contribution is 0.0793. The van der Waals surface area contributed by atoms with Crippen LogP contribution >= 0.6 is 0 Å². The van der Waals surface area contributed by atoms with Crippen molar-refractivity contribution in [3.05, 3.63) is 66.0 Å². The predicted octanol–water partition coefficient (Wildman–Crippen LogP) is 2.51. The molecule has 1 fully saturated rings. The van der Waals surface area contributed by atoms with Crippen molar-refractivity contribution >= 4 is 15.7 Å². The molecular weight excluding hydrogens is 317 g/mol. The SMILES string of the molecule is O=C(c1ccc(F)cc1)N1CCC(S(=O)(=O)c2ccccc2)C1. The number of carbonyl (C=O) groups is 1. The molecule has 120 valence electrons. The van der Waals surface area contributed by atoms with E-state index in [2.05, 4.69) is 0 Å². The van der Waals surface area contributed by atoms with E-state index in [0.717, 1.165) is 0 Å². The number of nitrogens with zero attached hydrogens (tertiary/aromatic N) is 1. The van der Waals surface area contributed by atoms with Gasteiger partial charge in [-0.1, -0.05) is 18.2 Å². The van der Waals surface area contributed by atoms with Crippen molar-refractivity contribution in [1.29, 1.82) is 0 Å². The third-order valence-corrected chi connectivity index (χ3v) is 6.23. The van der Waals surface area contributed by atoms with E-state index in [1.807, 2.05) is 0 Å². The average Bonchev–Trinajstić information content (AvgIpc) is 3.06. The fourth-order valence-electron chi connectivity index (χ4n) is 2.74. The van der Waals surface area contributed by atoms with Crippen molar-refractivity contribution in [1.82, 2.24) is 4.90 Å². The molecule has 1 atom stereocenters. The van der Waals surface area contributed by atoms with Crippen molar-refractivity contribution in [3.63, 3.8) is 0 Å². The zero-order valence-electron chi connectivity index (χ0n) is 12.4. The van der Waals surface area contributed by atoms with Gasteiger partial charge in [-0.25, -0.2) is 12.8 Å². The highest BCUT2D eigenvalue weighted by molar-refractivity contribution is 7.92. The highest BCUT2D eigenvalue weighted by Crippen LogP contribution is 2.24. The first-order valence-corrected chi connectivity index (χ1v) is 8.87. The Morgan fingerprint density at radius 3 is 2.35 bits per heavy atom. The van der Waals surface area contributed by atoms with Gasteiger partial charge in [0.2, 0.25) is 0 Å². The molecule has 1 saturated heterocycles. The number of benzene rings is 2. The molecule has 0 spiro atoms. The lowest BCUT2D eigenvalue weighted by atomic mass is 10.2. The number of hydrogen-bond donors (Lipinski definition) is 0. The standard InChI is InChI=1S/C17H16FNO3S/c18-14-8-6-13(7-9-14)17(20)19-11-10-16(12-19)23(21,22)15-4-2-1-3-5-15/h1-9,16H,10-12H2. The minimum absolute atomic E-state index is 0.160. The van der Waals surface area contributed by atoms with Gasteiger partial charge in [-0.15, -0.1) is 0 Å². The fourth-order valence-corrected chi connectivity index (χ4v) is 4.46. The van der Waals surface area contributed by atoms with E-state index in [-0.39, 0.29) is 17.3 Å². The van der Waals surface area contributed by atoms with E-state index in [1.54, 1.807) is 30.3 Å². The summed E-state index contributed by atoms with van der Waals surface area (Å²) in [5.41, 5.74) is 0.365. The van der Waals surface area contributed by atoms with Crippen molar-refractivity contribution in [2.24, 2.45) is 0 Å². The molecule has 1 unspecified atom stereocenters. The smallest absolute Gasteiger partial charge is 0.253 e. The Balaban J connectivity index is 1.76. The molecule has 0 saturated carbocycles. The topological polar surface area (TPSA) is 54.5 Å². The van der Waals surface area contributed by atoms with E-state index >= 15 is 0 Å². The van der Waals surface area contributed by atoms with Gasteiger partial charge in [-0.2, -0.15) is 0 Å². The molecule has 1 aliphatic heterocycles. The van der Waals surface area contributed by atoms with Crippen molar-refractivity contribution in [2.75, 3.05) is 13.1 Å². The first kappa shape index (κ1) is 15.7.